The molecule has 2 N–H and O–H groups in total. The Morgan fingerprint density at radius 2 is 2.00 bits per heavy atom. The molecule has 0 radical (unpaired) electrons. The fraction of sp³-hybridized carbons (Fsp3) is 0.647. The molecule has 4 unspecified atom stereocenters. The summed E-state index contributed by atoms with van der Waals surface area (Å²) in [6, 6.07) is 11.9. The zero-order valence-corrected chi connectivity index (χ0v) is 12.0. The molecule has 2 fully saturated rings. The van der Waals surface area contributed by atoms with Crippen LogP contribution in [0.25, 0.3) is 0 Å². The van der Waals surface area contributed by atoms with E-state index in [0.29, 0.717) is 12.1 Å². The average Bonchev–Trinajstić information content (AvgIpc) is 2.85. The van der Waals surface area contributed by atoms with Crippen molar-refractivity contribution in [2.75, 3.05) is 13.1 Å². The van der Waals surface area contributed by atoms with Crippen LogP contribution in [-0.4, -0.2) is 30.1 Å². The Morgan fingerprint density at radius 1 is 1.21 bits per heavy atom. The molecule has 1 aliphatic heterocycles. The quantitative estimate of drug-likeness (QED) is 0.903. The number of benzene rings is 1. The Morgan fingerprint density at radius 3 is 2.74 bits per heavy atom. The van der Waals surface area contributed by atoms with E-state index in [1.165, 1.54) is 37.9 Å². The molecule has 2 aliphatic rings. The van der Waals surface area contributed by atoms with Crippen molar-refractivity contribution >= 4 is 0 Å². The summed E-state index contributed by atoms with van der Waals surface area (Å²) in [7, 11) is 0. The number of hydrogen-bond donors (Lipinski definition) is 1. The van der Waals surface area contributed by atoms with Crippen LogP contribution in [0.2, 0.25) is 0 Å². The second kappa shape index (κ2) is 5.64. The summed E-state index contributed by atoms with van der Waals surface area (Å²) in [5, 5.41) is 0. The van der Waals surface area contributed by atoms with Crippen LogP contribution < -0.4 is 5.73 Å². The van der Waals surface area contributed by atoms with Gasteiger partial charge in [-0.3, -0.25) is 4.90 Å². The molecule has 1 heterocycles. The Kier molecular flexibility index (Phi) is 3.90. The Bertz CT molecular complexity index is 403. The number of likely N-dealkylation sites (tertiary alicyclic amines) is 1. The average molecular weight is 258 g/mol. The molecule has 0 spiro atoms. The maximum absolute atomic E-state index is 6.31. The molecule has 0 aromatic heterocycles. The molecule has 3 rings (SSSR count). The smallest absolute Gasteiger partial charge is 0.0108 e. The minimum atomic E-state index is 0.452. The first kappa shape index (κ1) is 13.1. The van der Waals surface area contributed by atoms with E-state index in [1.807, 2.05) is 0 Å². The first-order valence-corrected chi connectivity index (χ1v) is 7.77. The van der Waals surface area contributed by atoms with E-state index in [4.69, 9.17) is 5.73 Å². The van der Waals surface area contributed by atoms with Gasteiger partial charge in [-0.1, -0.05) is 36.8 Å². The largest absolute Gasteiger partial charge is 0.327 e. The van der Waals surface area contributed by atoms with Crippen LogP contribution in [0.1, 0.15) is 31.7 Å². The molecular formula is C17H26N2. The summed E-state index contributed by atoms with van der Waals surface area (Å²) in [5.74, 6) is 1.62. The molecule has 1 aromatic rings. The molecule has 2 nitrogen and oxygen atoms in total. The van der Waals surface area contributed by atoms with Crippen LogP contribution in [0.3, 0.4) is 0 Å². The van der Waals surface area contributed by atoms with Gasteiger partial charge in [0, 0.05) is 25.2 Å². The van der Waals surface area contributed by atoms with Gasteiger partial charge in [-0.15, -0.1) is 0 Å². The molecule has 0 bridgehead atoms. The van der Waals surface area contributed by atoms with Crippen LogP contribution in [0, 0.1) is 11.8 Å². The number of hydrogen-bond acceptors (Lipinski definition) is 2. The molecular weight excluding hydrogens is 232 g/mol. The lowest BCUT2D eigenvalue weighted by Crippen LogP contribution is -2.39. The van der Waals surface area contributed by atoms with Crippen LogP contribution in [0.15, 0.2) is 30.3 Å². The summed E-state index contributed by atoms with van der Waals surface area (Å²) in [4.78, 5) is 2.67. The lowest BCUT2D eigenvalue weighted by atomic mass is 9.78. The Balaban J connectivity index is 1.61. The number of rotatable bonds is 3. The van der Waals surface area contributed by atoms with Gasteiger partial charge >= 0.3 is 0 Å². The van der Waals surface area contributed by atoms with E-state index in [2.05, 4.69) is 42.2 Å². The Labute approximate surface area is 117 Å². The van der Waals surface area contributed by atoms with Crippen molar-refractivity contribution in [3.8, 4) is 0 Å². The molecule has 1 saturated heterocycles. The molecule has 4 atom stereocenters. The minimum absolute atomic E-state index is 0.452. The zero-order chi connectivity index (χ0) is 13.2. The third-order valence-electron chi connectivity index (χ3n) is 5.18. The highest BCUT2D eigenvalue weighted by Gasteiger charge is 2.39. The lowest BCUT2D eigenvalue weighted by molar-refractivity contribution is 0.241. The first-order valence-electron chi connectivity index (χ1n) is 7.77. The van der Waals surface area contributed by atoms with Crippen LogP contribution in [-0.2, 0) is 6.42 Å². The molecule has 2 heteroatoms. The predicted molar refractivity (Wildman–Crippen MR) is 80.0 cm³/mol. The van der Waals surface area contributed by atoms with Crippen molar-refractivity contribution in [2.45, 2.75) is 44.7 Å². The van der Waals surface area contributed by atoms with Crippen molar-refractivity contribution in [2.24, 2.45) is 17.6 Å². The summed E-state index contributed by atoms with van der Waals surface area (Å²) in [6.45, 7) is 4.86. The predicted octanol–water partition coefficient (Wildman–Crippen LogP) is 2.68. The highest BCUT2D eigenvalue weighted by atomic mass is 15.2. The fourth-order valence-corrected chi connectivity index (χ4v) is 4.00. The first-order chi connectivity index (χ1) is 9.24. The summed E-state index contributed by atoms with van der Waals surface area (Å²) >= 11 is 0. The third-order valence-corrected chi connectivity index (χ3v) is 5.18. The van der Waals surface area contributed by atoms with Gasteiger partial charge in [0.05, 0.1) is 0 Å². The zero-order valence-electron chi connectivity index (χ0n) is 12.0. The highest BCUT2D eigenvalue weighted by molar-refractivity contribution is 5.16. The summed E-state index contributed by atoms with van der Waals surface area (Å²) < 4.78 is 0. The number of nitrogens with two attached hydrogens (primary N) is 1. The van der Waals surface area contributed by atoms with Crippen molar-refractivity contribution in [3.05, 3.63) is 35.9 Å². The van der Waals surface area contributed by atoms with Gasteiger partial charge in [-0.05, 0) is 43.6 Å². The number of fused-ring (bicyclic) bond motifs is 1. The van der Waals surface area contributed by atoms with E-state index in [0.717, 1.165) is 18.3 Å². The maximum Gasteiger partial charge on any atom is 0.0108 e. The Hall–Kier alpha value is -0.860. The van der Waals surface area contributed by atoms with E-state index in [9.17, 15) is 0 Å². The van der Waals surface area contributed by atoms with Crippen molar-refractivity contribution in [1.29, 1.82) is 0 Å². The topological polar surface area (TPSA) is 29.3 Å². The normalized spacial score (nSPS) is 33.1. The molecule has 19 heavy (non-hydrogen) atoms. The van der Waals surface area contributed by atoms with E-state index < -0.39 is 0 Å². The standard InChI is InChI=1S/C17H26N2/c1-13(10-14-6-3-2-4-7-14)19-11-15-8-5-9-17(18)16(15)12-19/h2-4,6-7,13,15-17H,5,8-12,18H2,1H3. The van der Waals surface area contributed by atoms with E-state index >= 15 is 0 Å². The van der Waals surface area contributed by atoms with Gasteiger partial charge in [-0.2, -0.15) is 0 Å². The summed E-state index contributed by atoms with van der Waals surface area (Å²) in [5.41, 5.74) is 7.76. The maximum atomic E-state index is 6.31. The molecule has 1 aliphatic carbocycles. The van der Waals surface area contributed by atoms with Crippen LogP contribution in [0.4, 0.5) is 0 Å². The van der Waals surface area contributed by atoms with Crippen molar-refractivity contribution in [1.82, 2.24) is 4.90 Å². The third kappa shape index (κ3) is 2.85. The molecule has 1 aromatic carbocycles. The molecule has 104 valence electrons. The molecule has 1 saturated carbocycles. The number of nitrogens with zero attached hydrogens (tertiary/aromatic N) is 1. The van der Waals surface area contributed by atoms with Gasteiger partial charge in [0.25, 0.3) is 0 Å². The van der Waals surface area contributed by atoms with Gasteiger partial charge in [0.15, 0.2) is 0 Å². The SMILES string of the molecule is CC(Cc1ccccc1)N1CC2CCCC(N)C2C1. The minimum Gasteiger partial charge on any atom is -0.327 e. The second-order valence-electron chi connectivity index (χ2n) is 6.51. The highest BCUT2D eigenvalue weighted by Crippen LogP contribution is 2.36. The van der Waals surface area contributed by atoms with E-state index in [-0.39, 0.29) is 0 Å². The van der Waals surface area contributed by atoms with Gasteiger partial charge in [-0.25, -0.2) is 0 Å². The van der Waals surface area contributed by atoms with Crippen molar-refractivity contribution in [3.63, 3.8) is 0 Å². The summed E-state index contributed by atoms with van der Waals surface area (Å²) in [6.07, 6.45) is 5.13. The monoisotopic (exact) mass is 258 g/mol. The van der Waals surface area contributed by atoms with E-state index in [1.54, 1.807) is 0 Å². The fourth-order valence-electron chi connectivity index (χ4n) is 4.00. The molecule has 0 amide bonds. The van der Waals surface area contributed by atoms with Crippen LogP contribution in [0.5, 0.6) is 0 Å². The lowest BCUT2D eigenvalue weighted by Gasteiger charge is -2.30. The van der Waals surface area contributed by atoms with Crippen molar-refractivity contribution < 1.29 is 0 Å². The second-order valence-corrected chi connectivity index (χ2v) is 6.51. The van der Waals surface area contributed by atoms with Gasteiger partial charge in [0.1, 0.15) is 0 Å². The van der Waals surface area contributed by atoms with Gasteiger partial charge < -0.3 is 5.73 Å². The van der Waals surface area contributed by atoms with Gasteiger partial charge in [0.2, 0.25) is 0 Å². The van der Waals surface area contributed by atoms with Crippen LogP contribution >= 0.6 is 0 Å².